The zero-order valence-corrected chi connectivity index (χ0v) is 20.7. The zero-order chi connectivity index (χ0) is 23.2. The summed E-state index contributed by atoms with van der Waals surface area (Å²) in [6.07, 6.45) is 12.1. The summed E-state index contributed by atoms with van der Waals surface area (Å²) in [5, 5.41) is 10.2. The van der Waals surface area contributed by atoms with E-state index in [1.165, 1.54) is 5.57 Å². The molecule has 1 aromatic carbocycles. The number of ether oxygens (including phenoxy) is 1. The molecule has 3 nitrogen and oxygen atoms in total. The Hall–Kier alpha value is -1.58. The van der Waals surface area contributed by atoms with Gasteiger partial charge in [-0.3, -0.25) is 4.79 Å². The Bertz CT molecular complexity index is 981. The number of aliphatic hydroxyl groups excluding tert-OH is 1. The van der Waals surface area contributed by atoms with Crippen LogP contribution in [-0.2, 0) is 4.79 Å². The maximum Gasteiger partial charge on any atom is 0.165 e. The number of alkyl halides is 1. The van der Waals surface area contributed by atoms with Crippen LogP contribution in [0.1, 0.15) is 70.8 Å². The number of benzene rings is 1. The minimum Gasteiger partial charge on any atom is -0.494 e. The van der Waals surface area contributed by atoms with Crippen molar-refractivity contribution in [3.63, 3.8) is 0 Å². The summed E-state index contributed by atoms with van der Waals surface area (Å²) in [5.41, 5.74) is 3.47. The molecular formula is C29H37ClO3. The van der Waals surface area contributed by atoms with Gasteiger partial charge in [-0.1, -0.05) is 37.6 Å². The van der Waals surface area contributed by atoms with Crippen LogP contribution in [0.4, 0.5) is 0 Å². The average molecular weight is 469 g/mol. The predicted octanol–water partition coefficient (Wildman–Crippen LogP) is 6.58. The standard InChI is InChI=1S/C29H37ClO3/c1-28-11-9-22(31)18-21(28)7-8-24-25(28)10-12-29(2)26(24)17-20(27(29)32)15-19-5-3-6-23(16-19)33-14-4-13-30/h3,5-7,15-16,22,24-26,31H,4,8-14,17-18H2,1-2H3/t22-,24+,25-,26-,28-,29-/m0/s1. The van der Waals surface area contributed by atoms with Crippen molar-refractivity contribution in [3.05, 3.63) is 47.1 Å². The molecule has 0 radical (unpaired) electrons. The van der Waals surface area contributed by atoms with Crippen molar-refractivity contribution in [2.24, 2.45) is 28.6 Å². The Morgan fingerprint density at radius 3 is 2.79 bits per heavy atom. The van der Waals surface area contributed by atoms with E-state index in [1.807, 2.05) is 18.2 Å². The molecule has 4 aliphatic carbocycles. The second kappa shape index (κ2) is 8.89. The van der Waals surface area contributed by atoms with Gasteiger partial charge in [0.1, 0.15) is 5.75 Å². The molecule has 0 aromatic heterocycles. The first-order valence-electron chi connectivity index (χ1n) is 12.8. The fraction of sp³-hybridized carbons (Fsp3) is 0.621. The topological polar surface area (TPSA) is 46.5 Å². The van der Waals surface area contributed by atoms with Crippen LogP contribution in [0.3, 0.4) is 0 Å². The Kier molecular flexibility index (Phi) is 6.24. The summed E-state index contributed by atoms with van der Waals surface area (Å²) < 4.78 is 5.81. The molecule has 33 heavy (non-hydrogen) atoms. The lowest BCUT2D eigenvalue weighted by molar-refractivity contribution is -0.130. The number of halogens is 1. The maximum atomic E-state index is 13.7. The van der Waals surface area contributed by atoms with Crippen LogP contribution in [0.5, 0.6) is 5.75 Å². The maximum absolute atomic E-state index is 13.7. The third-order valence-electron chi connectivity index (χ3n) is 9.46. The highest BCUT2D eigenvalue weighted by Crippen LogP contribution is 2.64. The van der Waals surface area contributed by atoms with E-state index >= 15 is 0 Å². The van der Waals surface area contributed by atoms with Crippen LogP contribution in [0.2, 0.25) is 0 Å². The van der Waals surface area contributed by atoms with Crippen molar-refractivity contribution >= 4 is 23.5 Å². The molecule has 4 aliphatic rings. The highest BCUT2D eigenvalue weighted by Gasteiger charge is 2.59. The van der Waals surface area contributed by atoms with Crippen LogP contribution in [0.15, 0.2) is 41.5 Å². The fourth-order valence-corrected chi connectivity index (χ4v) is 7.69. The summed E-state index contributed by atoms with van der Waals surface area (Å²) >= 11 is 5.76. The lowest BCUT2D eigenvalue weighted by Crippen LogP contribution is -2.50. The third-order valence-corrected chi connectivity index (χ3v) is 9.73. The predicted molar refractivity (Wildman–Crippen MR) is 133 cm³/mol. The van der Waals surface area contributed by atoms with Crippen molar-refractivity contribution in [2.75, 3.05) is 12.5 Å². The summed E-state index contributed by atoms with van der Waals surface area (Å²) in [5.74, 6) is 3.40. The van der Waals surface area contributed by atoms with Gasteiger partial charge in [0.15, 0.2) is 5.78 Å². The van der Waals surface area contributed by atoms with E-state index in [9.17, 15) is 9.90 Å². The monoisotopic (exact) mass is 468 g/mol. The number of allylic oxidation sites excluding steroid dienone is 2. The van der Waals surface area contributed by atoms with Gasteiger partial charge in [-0.05, 0) is 104 Å². The molecule has 0 saturated heterocycles. The quantitative estimate of drug-likeness (QED) is 0.230. The molecule has 5 rings (SSSR count). The summed E-state index contributed by atoms with van der Waals surface area (Å²) in [6.45, 7) is 5.28. The van der Waals surface area contributed by atoms with Gasteiger partial charge in [-0.25, -0.2) is 0 Å². The third kappa shape index (κ3) is 4.00. The lowest BCUT2D eigenvalue weighted by Gasteiger charge is -2.56. The molecular weight excluding hydrogens is 432 g/mol. The molecule has 1 N–H and O–H groups in total. The number of ketones is 1. The normalized spacial score (nSPS) is 39.0. The number of hydrogen-bond acceptors (Lipinski definition) is 3. The van der Waals surface area contributed by atoms with Crippen molar-refractivity contribution in [3.8, 4) is 5.75 Å². The zero-order valence-electron chi connectivity index (χ0n) is 20.0. The number of aliphatic hydroxyl groups is 1. The van der Waals surface area contributed by atoms with E-state index in [1.54, 1.807) is 0 Å². The molecule has 0 unspecified atom stereocenters. The number of Topliss-reactive ketones (excluding diaryl/α,β-unsaturated/α-hetero) is 1. The van der Waals surface area contributed by atoms with E-state index in [4.69, 9.17) is 16.3 Å². The Balaban J connectivity index is 1.39. The van der Waals surface area contributed by atoms with Crippen LogP contribution in [0, 0.1) is 28.6 Å². The molecule has 0 heterocycles. The van der Waals surface area contributed by atoms with Crippen LogP contribution < -0.4 is 4.74 Å². The van der Waals surface area contributed by atoms with Gasteiger partial charge in [-0.2, -0.15) is 0 Å². The molecule has 178 valence electrons. The van der Waals surface area contributed by atoms with E-state index in [2.05, 4.69) is 32.1 Å². The number of hydrogen-bond donors (Lipinski definition) is 1. The van der Waals surface area contributed by atoms with E-state index in [0.29, 0.717) is 36.0 Å². The van der Waals surface area contributed by atoms with Crippen LogP contribution in [-0.4, -0.2) is 29.5 Å². The number of carbonyl (C=O) groups is 1. The van der Waals surface area contributed by atoms with Crippen molar-refractivity contribution < 1.29 is 14.6 Å². The van der Waals surface area contributed by atoms with E-state index < -0.39 is 0 Å². The first-order chi connectivity index (χ1) is 15.8. The van der Waals surface area contributed by atoms with Crippen molar-refractivity contribution in [1.29, 1.82) is 0 Å². The first kappa shape index (κ1) is 23.2. The molecule has 3 saturated carbocycles. The van der Waals surface area contributed by atoms with Gasteiger partial charge in [0.05, 0.1) is 12.7 Å². The van der Waals surface area contributed by atoms with E-state index in [0.717, 1.165) is 68.3 Å². The Morgan fingerprint density at radius 2 is 1.97 bits per heavy atom. The molecule has 0 spiro atoms. The second-order valence-electron chi connectivity index (χ2n) is 11.3. The second-order valence-corrected chi connectivity index (χ2v) is 11.7. The number of fused-ring (bicyclic) bond motifs is 5. The fourth-order valence-electron chi connectivity index (χ4n) is 7.58. The Labute approximate surface area is 203 Å². The summed E-state index contributed by atoms with van der Waals surface area (Å²) in [7, 11) is 0. The molecule has 0 bridgehead atoms. The minimum atomic E-state index is -0.239. The molecule has 3 fully saturated rings. The average Bonchev–Trinajstić information content (AvgIpc) is 3.05. The first-order valence-corrected chi connectivity index (χ1v) is 13.3. The summed E-state index contributed by atoms with van der Waals surface area (Å²) in [6, 6.07) is 8.06. The van der Waals surface area contributed by atoms with E-state index in [-0.39, 0.29) is 16.9 Å². The molecule has 0 aliphatic heterocycles. The Morgan fingerprint density at radius 1 is 1.15 bits per heavy atom. The lowest BCUT2D eigenvalue weighted by atomic mass is 9.48. The van der Waals surface area contributed by atoms with Gasteiger partial charge in [0, 0.05) is 11.3 Å². The van der Waals surface area contributed by atoms with Gasteiger partial charge >= 0.3 is 0 Å². The van der Waals surface area contributed by atoms with Crippen molar-refractivity contribution in [2.45, 2.75) is 71.3 Å². The van der Waals surface area contributed by atoms with Gasteiger partial charge < -0.3 is 9.84 Å². The van der Waals surface area contributed by atoms with Gasteiger partial charge in [0.2, 0.25) is 0 Å². The minimum absolute atomic E-state index is 0.174. The largest absolute Gasteiger partial charge is 0.494 e. The van der Waals surface area contributed by atoms with Crippen molar-refractivity contribution in [1.82, 2.24) is 0 Å². The molecule has 1 aromatic rings. The van der Waals surface area contributed by atoms with Gasteiger partial charge in [-0.15, -0.1) is 11.6 Å². The number of carbonyl (C=O) groups excluding carboxylic acids is 1. The van der Waals surface area contributed by atoms with Gasteiger partial charge in [0.25, 0.3) is 0 Å². The smallest absolute Gasteiger partial charge is 0.165 e. The molecule has 4 heteroatoms. The van der Waals surface area contributed by atoms with Crippen LogP contribution >= 0.6 is 11.6 Å². The molecule has 0 amide bonds. The van der Waals surface area contributed by atoms with Crippen LogP contribution in [0.25, 0.3) is 6.08 Å². The molecule has 6 atom stereocenters. The number of rotatable bonds is 5. The SMILES string of the molecule is C[C@]12CC[C@H](O)CC1=CC[C@@H]1[C@@H]2CC[C@]2(C)C(=O)C(=Cc3cccc(OCCCCl)c3)C[C@@H]12. The summed E-state index contributed by atoms with van der Waals surface area (Å²) in [4.78, 5) is 13.7. The highest BCUT2D eigenvalue weighted by molar-refractivity contribution is 6.17. The highest BCUT2D eigenvalue weighted by atomic mass is 35.5.